The van der Waals surface area contributed by atoms with Gasteiger partial charge in [0.1, 0.15) is 5.82 Å². The summed E-state index contributed by atoms with van der Waals surface area (Å²) >= 11 is 0. The van der Waals surface area contributed by atoms with Crippen LogP contribution in [-0.4, -0.2) is 12.6 Å². The standard InChI is InChI=1S/C17H28FN/c1-13(2)10-17(11-14(3)4)19-9-8-15-6-5-7-16(18)12-15/h5-7,12-14,17,19H,8-11H2,1-4H3. The summed E-state index contributed by atoms with van der Waals surface area (Å²) in [7, 11) is 0. The van der Waals surface area contributed by atoms with Gasteiger partial charge in [0.25, 0.3) is 0 Å². The highest BCUT2D eigenvalue weighted by Gasteiger charge is 2.12. The van der Waals surface area contributed by atoms with E-state index in [4.69, 9.17) is 0 Å². The second kappa shape index (κ2) is 8.31. The van der Waals surface area contributed by atoms with Crippen molar-refractivity contribution in [2.75, 3.05) is 6.54 Å². The monoisotopic (exact) mass is 265 g/mol. The summed E-state index contributed by atoms with van der Waals surface area (Å²) in [6.07, 6.45) is 3.31. The number of hydrogen-bond donors (Lipinski definition) is 1. The van der Waals surface area contributed by atoms with Gasteiger partial charge in [0.05, 0.1) is 0 Å². The van der Waals surface area contributed by atoms with E-state index in [1.165, 1.54) is 18.9 Å². The fourth-order valence-corrected chi connectivity index (χ4v) is 2.51. The lowest BCUT2D eigenvalue weighted by Crippen LogP contribution is -2.33. The lowest BCUT2D eigenvalue weighted by atomic mass is 9.95. The third kappa shape index (κ3) is 7.31. The van der Waals surface area contributed by atoms with E-state index in [9.17, 15) is 4.39 Å². The third-order valence-corrected chi connectivity index (χ3v) is 3.25. The Bertz CT molecular complexity index is 350. The lowest BCUT2D eigenvalue weighted by molar-refractivity contribution is 0.361. The normalized spacial score (nSPS) is 11.8. The van der Waals surface area contributed by atoms with E-state index in [1.54, 1.807) is 12.1 Å². The highest BCUT2D eigenvalue weighted by Crippen LogP contribution is 2.13. The minimum Gasteiger partial charge on any atom is -0.314 e. The summed E-state index contributed by atoms with van der Waals surface area (Å²) < 4.78 is 13.1. The van der Waals surface area contributed by atoms with Gasteiger partial charge < -0.3 is 5.32 Å². The molecule has 1 aromatic carbocycles. The predicted octanol–water partition coefficient (Wildman–Crippen LogP) is 4.42. The zero-order valence-electron chi connectivity index (χ0n) is 12.7. The SMILES string of the molecule is CC(C)CC(CC(C)C)NCCc1cccc(F)c1. The van der Waals surface area contributed by atoms with E-state index in [-0.39, 0.29) is 5.82 Å². The van der Waals surface area contributed by atoms with E-state index in [0.29, 0.717) is 17.9 Å². The molecule has 2 heteroatoms. The van der Waals surface area contributed by atoms with Gasteiger partial charge in [0.15, 0.2) is 0 Å². The Morgan fingerprint density at radius 1 is 1.05 bits per heavy atom. The molecule has 0 aliphatic carbocycles. The molecule has 1 nitrogen and oxygen atoms in total. The van der Waals surface area contributed by atoms with Gasteiger partial charge in [-0.2, -0.15) is 0 Å². The maximum Gasteiger partial charge on any atom is 0.123 e. The molecule has 0 amide bonds. The van der Waals surface area contributed by atoms with Crippen molar-refractivity contribution >= 4 is 0 Å². The number of benzene rings is 1. The van der Waals surface area contributed by atoms with Crippen molar-refractivity contribution in [2.24, 2.45) is 11.8 Å². The van der Waals surface area contributed by atoms with E-state index in [0.717, 1.165) is 18.5 Å². The van der Waals surface area contributed by atoms with Crippen molar-refractivity contribution in [1.29, 1.82) is 0 Å². The Labute approximate surface area is 117 Å². The average Bonchev–Trinajstić information content (AvgIpc) is 2.27. The molecule has 1 N–H and O–H groups in total. The first kappa shape index (κ1) is 16.2. The molecule has 0 aliphatic heterocycles. The lowest BCUT2D eigenvalue weighted by Gasteiger charge is -2.22. The van der Waals surface area contributed by atoms with E-state index in [2.05, 4.69) is 33.0 Å². The first-order chi connectivity index (χ1) is 8.97. The van der Waals surface area contributed by atoms with Crippen molar-refractivity contribution in [3.05, 3.63) is 35.6 Å². The van der Waals surface area contributed by atoms with Crippen molar-refractivity contribution in [2.45, 2.75) is 53.0 Å². The maximum atomic E-state index is 13.1. The molecule has 0 atom stereocenters. The number of nitrogens with one attached hydrogen (secondary N) is 1. The van der Waals surface area contributed by atoms with Crippen LogP contribution in [0.15, 0.2) is 24.3 Å². The molecule has 1 aromatic rings. The van der Waals surface area contributed by atoms with Gasteiger partial charge in [-0.3, -0.25) is 0 Å². The topological polar surface area (TPSA) is 12.0 Å². The fourth-order valence-electron chi connectivity index (χ4n) is 2.51. The minimum atomic E-state index is -0.140. The van der Waals surface area contributed by atoms with Crippen LogP contribution in [0.4, 0.5) is 4.39 Å². The van der Waals surface area contributed by atoms with Crippen molar-refractivity contribution in [1.82, 2.24) is 5.32 Å². The van der Waals surface area contributed by atoms with Crippen molar-refractivity contribution in [3.63, 3.8) is 0 Å². The molecule has 0 saturated heterocycles. The van der Waals surface area contributed by atoms with E-state index < -0.39 is 0 Å². The molecule has 0 spiro atoms. The molecular formula is C17H28FN. The zero-order chi connectivity index (χ0) is 14.3. The zero-order valence-corrected chi connectivity index (χ0v) is 12.7. The molecule has 0 saturated carbocycles. The molecule has 0 bridgehead atoms. The van der Waals surface area contributed by atoms with Gasteiger partial charge in [-0.15, -0.1) is 0 Å². The molecule has 19 heavy (non-hydrogen) atoms. The first-order valence-electron chi connectivity index (χ1n) is 7.45. The molecule has 0 fully saturated rings. The second-order valence-corrected chi connectivity index (χ2v) is 6.29. The number of rotatable bonds is 8. The van der Waals surface area contributed by atoms with Gasteiger partial charge in [0.2, 0.25) is 0 Å². The van der Waals surface area contributed by atoms with Crippen LogP contribution in [-0.2, 0) is 6.42 Å². The minimum absolute atomic E-state index is 0.140. The highest BCUT2D eigenvalue weighted by atomic mass is 19.1. The summed E-state index contributed by atoms with van der Waals surface area (Å²) in [5.41, 5.74) is 1.07. The fraction of sp³-hybridized carbons (Fsp3) is 0.647. The van der Waals surface area contributed by atoms with Crippen LogP contribution in [0, 0.1) is 17.7 Å². The van der Waals surface area contributed by atoms with Crippen LogP contribution in [0.25, 0.3) is 0 Å². The molecular weight excluding hydrogens is 237 g/mol. The van der Waals surface area contributed by atoms with Gasteiger partial charge in [-0.05, 0) is 55.3 Å². The van der Waals surface area contributed by atoms with Crippen LogP contribution in [0.3, 0.4) is 0 Å². The van der Waals surface area contributed by atoms with Crippen molar-refractivity contribution < 1.29 is 4.39 Å². The largest absolute Gasteiger partial charge is 0.314 e. The second-order valence-electron chi connectivity index (χ2n) is 6.29. The number of hydrogen-bond acceptors (Lipinski definition) is 1. The van der Waals surface area contributed by atoms with Gasteiger partial charge in [0, 0.05) is 6.04 Å². The van der Waals surface area contributed by atoms with Crippen LogP contribution in [0.5, 0.6) is 0 Å². The van der Waals surface area contributed by atoms with Gasteiger partial charge in [-0.25, -0.2) is 4.39 Å². The Balaban J connectivity index is 2.38. The van der Waals surface area contributed by atoms with Crippen LogP contribution in [0.2, 0.25) is 0 Å². The highest BCUT2D eigenvalue weighted by molar-refractivity contribution is 5.16. The van der Waals surface area contributed by atoms with Gasteiger partial charge >= 0.3 is 0 Å². The van der Waals surface area contributed by atoms with Crippen molar-refractivity contribution in [3.8, 4) is 0 Å². The third-order valence-electron chi connectivity index (χ3n) is 3.25. The Morgan fingerprint density at radius 3 is 2.21 bits per heavy atom. The quantitative estimate of drug-likeness (QED) is 0.733. The van der Waals surface area contributed by atoms with E-state index in [1.807, 2.05) is 6.07 Å². The molecule has 0 unspecified atom stereocenters. The molecule has 0 aromatic heterocycles. The summed E-state index contributed by atoms with van der Waals surface area (Å²) in [5, 5.41) is 3.63. The van der Waals surface area contributed by atoms with E-state index >= 15 is 0 Å². The van der Waals surface area contributed by atoms with Crippen LogP contribution >= 0.6 is 0 Å². The molecule has 0 radical (unpaired) electrons. The van der Waals surface area contributed by atoms with Gasteiger partial charge in [-0.1, -0.05) is 39.8 Å². The Morgan fingerprint density at radius 2 is 1.68 bits per heavy atom. The Hall–Kier alpha value is -0.890. The number of halogens is 1. The summed E-state index contributed by atoms with van der Waals surface area (Å²) in [5.74, 6) is 1.29. The summed E-state index contributed by atoms with van der Waals surface area (Å²) in [4.78, 5) is 0. The molecule has 108 valence electrons. The van der Waals surface area contributed by atoms with Crippen LogP contribution < -0.4 is 5.32 Å². The summed E-state index contributed by atoms with van der Waals surface area (Å²) in [6, 6.07) is 7.47. The molecule has 0 aliphatic rings. The molecule has 1 rings (SSSR count). The molecule has 0 heterocycles. The summed E-state index contributed by atoms with van der Waals surface area (Å²) in [6.45, 7) is 9.99. The van der Waals surface area contributed by atoms with Crippen LogP contribution in [0.1, 0.15) is 46.1 Å². The Kier molecular flexibility index (Phi) is 7.07. The predicted molar refractivity (Wildman–Crippen MR) is 80.8 cm³/mol. The first-order valence-corrected chi connectivity index (χ1v) is 7.45. The maximum absolute atomic E-state index is 13.1. The smallest absolute Gasteiger partial charge is 0.123 e. The average molecular weight is 265 g/mol.